The van der Waals surface area contributed by atoms with Gasteiger partial charge in [-0.25, -0.2) is 18.0 Å². The van der Waals surface area contributed by atoms with E-state index in [1.165, 1.54) is 28.6 Å². The second-order valence-electron chi connectivity index (χ2n) is 9.14. The van der Waals surface area contributed by atoms with Crippen LogP contribution in [0.15, 0.2) is 29.2 Å². The van der Waals surface area contributed by atoms with Gasteiger partial charge in [0, 0.05) is 18.7 Å². The Bertz CT molecular complexity index is 1280. The Labute approximate surface area is 226 Å². The topological polar surface area (TPSA) is 128 Å². The molecule has 206 valence electrons. The molecule has 38 heavy (non-hydrogen) atoms. The molecule has 1 aliphatic heterocycles. The first-order chi connectivity index (χ1) is 18.2. The third-order valence-electron chi connectivity index (χ3n) is 6.59. The summed E-state index contributed by atoms with van der Waals surface area (Å²) < 4.78 is 43.2. The van der Waals surface area contributed by atoms with Gasteiger partial charge in [-0.15, -0.1) is 11.3 Å². The molecule has 0 spiro atoms. The van der Waals surface area contributed by atoms with E-state index in [0.29, 0.717) is 18.8 Å². The number of benzene rings is 1. The van der Waals surface area contributed by atoms with Crippen molar-refractivity contribution in [2.45, 2.75) is 57.0 Å². The van der Waals surface area contributed by atoms with Gasteiger partial charge in [-0.05, 0) is 69.4 Å². The van der Waals surface area contributed by atoms with Crippen molar-refractivity contribution in [3.8, 4) is 0 Å². The maximum atomic E-state index is 13.1. The van der Waals surface area contributed by atoms with Crippen molar-refractivity contribution in [3.05, 3.63) is 45.8 Å². The van der Waals surface area contributed by atoms with Crippen molar-refractivity contribution < 1.29 is 37.0 Å². The zero-order chi connectivity index (χ0) is 27.3. The van der Waals surface area contributed by atoms with Crippen molar-refractivity contribution in [3.63, 3.8) is 0 Å². The maximum Gasteiger partial charge on any atom is 0.348 e. The van der Waals surface area contributed by atoms with Crippen LogP contribution in [-0.2, 0) is 24.2 Å². The Balaban J connectivity index is 1.54. The average molecular weight is 565 g/mol. The molecule has 1 N–H and O–H groups in total. The van der Waals surface area contributed by atoms with Crippen molar-refractivity contribution in [1.82, 2.24) is 4.31 Å². The quantitative estimate of drug-likeness (QED) is 0.477. The van der Waals surface area contributed by atoms with Crippen LogP contribution in [-0.4, -0.2) is 69.6 Å². The van der Waals surface area contributed by atoms with Crippen LogP contribution >= 0.6 is 11.3 Å². The molecule has 1 saturated carbocycles. The highest BCUT2D eigenvalue weighted by molar-refractivity contribution is 7.89. The number of morpholine rings is 1. The van der Waals surface area contributed by atoms with E-state index in [-0.39, 0.29) is 51.7 Å². The fourth-order valence-electron chi connectivity index (χ4n) is 4.52. The lowest BCUT2D eigenvalue weighted by molar-refractivity contribution is 0.0216. The van der Waals surface area contributed by atoms with Gasteiger partial charge in [-0.3, -0.25) is 4.79 Å². The second kappa shape index (κ2) is 12.4. The Morgan fingerprint density at radius 3 is 2.34 bits per heavy atom. The molecule has 12 heteroatoms. The van der Waals surface area contributed by atoms with Gasteiger partial charge in [0.15, 0.2) is 0 Å². The summed E-state index contributed by atoms with van der Waals surface area (Å²) in [5.74, 6) is -1.73. The molecule has 2 aliphatic rings. The monoisotopic (exact) mass is 564 g/mol. The number of hydrogen-bond acceptors (Lipinski definition) is 9. The Morgan fingerprint density at radius 1 is 1.05 bits per heavy atom. The zero-order valence-corrected chi connectivity index (χ0v) is 23.1. The molecule has 0 bridgehead atoms. The van der Waals surface area contributed by atoms with Gasteiger partial charge >= 0.3 is 11.9 Å². The van der Waals surface area contributed by atoms with Gasteiger partial charge in [0.1, 0.15) is 16.0 Å². The number of carbonyl (C=O) groups excluding carboxylic acids is 3. The zero-order valence-electron chi connectivity index (χ0n) is 21.5. The van der Waals surface area contributed by atoms with Crippen LogP contribution in [0.25, 0.3) is 0 Å². The van der Waals surface area contributed by atoms with Crippen molar-refractivity contribution in [1.29, 1.82) is 0 Å². The predicted molar refractivity (Wildman–Crippen MR) is 141 cm³/mol. The van der Waals surface area contributed by atoms with Gasteiger partial charge in [0.2, 0.25) is 10.0 Å². The number of thiophene rings is 1. The summed E-state index contributed by atoms with van der Waals surface area (Å²) in [6.45, 7) is 4.62. The van der Waals surface area contributed by atoms with Gasteiger partial charge in [-0.1, -0.05) is 6.42 Å². The van der Waals surface area contributed by atoms with E-state index in [4.69, 9.17) is 14.2 Å². The number of anilines is 1. The van der Waals surface area contributed by atoms with Crippen LogP contribution in [0.3, 0.4) is 0 Å². The number of amides is 1. The van der Waals surface area contributed by atoms with Crippen LogP contribution in [0, 0.1) is 6.92 Å². The number of hydrogen-bond donors (Lipinski definition) is 1. The molecule has 1 aromatic carbocycles. The van der Waals surface area contributed by atoms with Crippen molar-refractivity contribution in [2.24, 2.45) is 0 Å². The van der Waals surface area contributed by atoms with Gasteiger partial charge < -0.3 is 19.5 Å². The summed E-state index contributed by atoms with van der Waals surface area (Å²) in [6, 6.07) is 5.56. The fraction of sp³-hybridized carbons (Fsp3) is 0.500. The molecule has 0 atom stereocenters. The minimum absolute atomic E-state index is 0.0721. The summed E-state index contributed by atoms with van der Waals surface area (Å²) in [7, 11) is -3.70. The van der Waals surface area contributed by atoms with E-state index in [9.17, 15) is 22.8 Å². The van der Waals surface area contributed by atoms with E-state index in [1.807, 2.05) is 0 Å². The van der Waals surface area contributed by atoms with Crippen LogP contribution in [0.4, 0.5) is 5.00 Å². The Hall–Kier alpha value is -2.80. The number of sulfonamides is 1. The first-order valence-corrected chi connectivity index (χ1v) is 15.0. The summed E-state index contributed by atoms with van der Waals surface area (Å²) in [5, 5.41) is 2.87. The summed E-state index contributed by atoms with van der Waals surface area (Å²) in [4.78, 5) is 39.1. The molecule has 0 radical (unpaired) electrons. The summed E-state index contributed by atoms with van der Waals surface area (Å²) in [5.41, 5.74) is 0.682. The van der Waals surface area contributed by atoms with E-state index < -0.39 is 27.9 Å². The van der Waals surface area contributed by atoms with Crippen molar-refractivity contribution >= 4 is 44.2 Å². The first kappa shape index (κ1) is 28.2. The van der Waals surface area contributed by atoms with E-state index in [2.05, 4.69) is 5.32 Å². The van der Waals surface area contributed by atoms with Crippen molar-refractivity contribution in [2.75, 3.05) is 38.2 Å². The lowest BCUT2D eigenvalue weighted by atomic mass is 9.98. The largest absolute Gasteiger partial charge is 0.462 e. The Morgan fingerprint density at radius 2 is 1.71 bits per heavy atom. The molecule has 1 aromatic heterocycles. The molecular formula is C26H32N2O8S2. The Kier molecular flexibility index (Phi) is 9.19. The SMILES string of the molecule is CCOC(=O)c1c(NC(=O)c2ccc(S(=O)(=O)N3CCOCC3)cc2)sc(C(=O)OC2CCCCC2)c1C. The number of nitrogens with zero attached hydrogens (tertiary/aromatic N) is 1. The minimum Gasteiger partial charge on any atom is -0.462 e. The third kappa shape index (κ3) is 6.25. The summed E-state index contributed by atoms with van der Waals surface area (Å²) in [6.07, 6.45) is 4.58. The van der Waals surface area contributed by atoms with E-state index in [1.54, 1.807) is 13.8 Å². The number of nitrogens with one attached hydrogen (secondary N) is 1. The fourth-order valence-corrected chi connectivity index (χ4v) is 7.00. The highest BCUT2D eigenvalue weighted by atomic mass is 32.2. The molecule has 1 amide bonds. The van der Waals surface area contributed by atoms with Gasteiger partial charge in [0.05, 0.1) is 30.3 Å². The molecular weight excluding hydrogens is 532 g/mol. The third-order valence-corrected chi connectivity index (χ3v) is 9.69. The highest BCUT2D eigenvalue weighted by Crippen LogP contribution is 2.35. The van der Waals surface area contributed by atoms with Crippen LogP contribution in [0.1, 0.15) is 75.0 Å². The molecule has 4 rings (SSSR count). The van der Waals surface area contributed by atoms with E-state index in [0.717, 1.165) is 43.4 Å². The van der Waals surface area contributed by atoms with E-state index >= 15 is 0 Å². The standard InChI is InChI=1S/C26H32N2O8S2/c1-3-35-25(30)21-17(2)22(26(31)36-19-7-5-4-6-8-19)37-24(21)27-23(29)18-9-11-20(12-10-18)38(32,33)28-13-15-34-16-14-28/h9-12,19H,3-8,13-16H2,1-2H3,(H,27,29). The van der Waals surface area contributed by atoms with Gasteiger partial charge in [-0.2, -0.15) is 4.31 Å². The van der Waals surface area contributed by atoms with Crippen LogP contribution in [0.2, 0.25) is 0 Å². The molecule has 0 unspecified atom stereocenters. The lowest BCUT2D eigenvalue weighted by Crippen LogP contribution is -2.40. The first-order valence-electron chi connectivity index (χ1n) is 12.7. The number of esters is 2. The minimum atomic E-state index is -3.70. The molecule has 10 nitrogen and oxygen atoms in total. The molecule has 2 fully saturated rings. The molecule has 1 saturated heterocycles. The lowest BCUT2D eigenvalue weighted by Gasteiger charge is -2.26. The summed E-state index contributed by atoms with van der Waals surface area (Å²) >= 11 is 0.964. The average Bonchev–Trinajstić information content (AvgIpc) is 3.25. The number of ether oxygens (including phenoxy) is 3. The molecule has 2 heterocycles. The van der Waals surface area contributed by atoms with Crippen LogP contribution in [0.5, 0.6) is 0 Å². The second-order valence-corrected chi connectivity index (χ2v) is 12.1. The maximum absolute atomic E-state index is 13.1. The predicted octanol–water partition coefficient (Wildman–Crippen LogP) is 4.00. The highest BCUT2D eigenvalue weighted by Gasteiger charge is 2.30. The molecule has 2 aromatic rings. The molecule has 1 aliphatic carbocycles. The van der Waals surface area contributed by atoms with Gasteiger partial charge in [0.25, 0.3) is 5.91 Å². The number of rotatable bonds is 8. The smallest absolute Gasteiger partial charge is 0.348 e. The number of carbonyl (C=O) groups is 3. The normalized spacial score (nSPS) is 17.1. The van der Waals surface area contributed by atoms with Crippen LogP contribution < -0.4 is 5.32 Å².